The lowest BCUT2D eigenvalue weighted by Gasteiger charge is -2.22. The van der Waals surface area contributed by atoms with Gasteiger partial charge >= 0.3 is 5.97 Å². The number of hydrogen-bond acceptors (Lipinski definition) is 4. The van der Waals surface area contributed by atoms with Gasteiger partial charge in [0.05, 0.1) is 6.54 Å². The van der Waals surface area contributed by atoms with Crippen molar-refractivity contribution in [3.63, 3.8) is 0 Å². The van der Waals surface area contributed by atoms with Gasteiger partial charge in [0, 0.05) is 5.41 Å². The van der Waals surface area contributed by atoms with Crippen LogP contribution < -0.4 is 15.4 Å². The molecule has 0 spiro atoms. The second kappa shape index (κ2) is 8.46. The van der Waals surface area contributed by atoms with Crippen LogP contribution in [0.2, 0.25) is 0 Å². The minimum atomic E-state index is -1.35. The van der Waals surface area contributed by atoms with Crippen LogP contribution in [0.3, 0.4) is 0 Å². The zero-order valence-electron chi connectivity index (χ0n) is 14.6. The highest BCUT2D eigenvalue weighted by Gasteiger charge is 2.26. The molecule has 2 amide bonds. The Hall–Kier alpha value is -2.64. The Morgan fingerprint density at radius 2 is 1.76 bits per heavy atom. The Morgan fingerprint density at radius 3 is 2.24 bits per heavy atom. The van der Waals surface area contributed by atoms with Crippen molar-refractivity contribution in [1.29, 1.82) is 0 Å². The Kier molecular flexibility index (Phi) is 6.90. The van der Waals surface area contributed by atoms with E-state index in [1.165, 1.54) is 19.1 Å². The first-order chi connectivity index (χ1) is 11.5. The number of carboxylic acid groups (broad SMARTS) is 1. The van der Waals surface area contributed by atoms with Crippen LogP contribution in [0.4, 0.5) is 4.39 Å². The molecule has 0 aliphatic rings. The molecule has 0 heterocycles. The maximum atomic E-state index is 12.9. The highest BCUT2D eigenvalue weighted by atomic mass is 19.1. The average Bonchev–Trinajstić information content (AvgIpc) is 2.51. The molecule has 138 valence electrons. The van der Waals surface area contributed by atoms with Crippen molar-refractivity contribution >= 4 is 17.8 Å². The van der Waals surface area contributed by atoms with Gasteiger partial charge in [-0.15, -0.1) is 0 Å². The first-order valence-corrected chi connectivity index (χ1v) is 7.74. The Bertz CT molecular complexity index is 625. The van der Waals surface area contributed by atoms with E-state index in [-0.39, 0.29) is 18.2 Å². The summed E-state index contributed by atoms with van der Waals surface area (Å²) in [6.07, 6.45) is -1.35. The number of carbonyl (C=O) groups excluding carboxylic acids is 2. The van der Waals surface area contributed by atoms with Crippen LogP contribution >= 0.6 is 0 Å². The summed E-state index contributed by atoms with van der Waals surface area (Å²) in [6, 6.07) is 4.03. The number of nitrogens with one attached hydrogen (secondary N) is 2. The van der Waals surface area contributed by atoms with Crippen molar-refractivity contribution in [2.24, 2.45) is 5.41 Å². The van der Waals surface area contributed by atoms with Crippen LogP contribution in [-0.2, 0) is 14.4 Å². The van der Waals surface area contributed by atoms with Crippen LogP contribution in [-0.4, -0.2) is 41.6 Å². The molecule has 2 unspecified atom stereocenters. The standard InChI is InChI=1S/C17H23FN2O5/c1-10(20-16(24)17(2,3)4)14(21)19-9-13(15(22)23)25-12-7-5-11(18)6-8-12/h5-8,10,13H,9H2,1-4H3,(H,19,21)(H,20,24)(H,22,23). The molecule has 1 rings (SSSR count). The van der Waals surface area contributed by atoms with Gasteiger partial charge in [0.25, 0.3) is 0 Å². The van der Waals surface area contributed by atoms with Crippen molar-refractivity contribution in [3.8, 4) is 5.75 Å². The molecular formula is C17H23FN2O5. The third-order valence-electron chi connectivity index (χ3n) is 3.25. The number of rotatable bonds is 7. The zero-order valence-corrected chi connectivity index (χ0v) is 14.6. The van der Waals surface area contributed by atoms with E-state index in [2.05, 4.69) is 10.6 Å². The fourth-order valence-corrected chi connectivity index (χ4v) is 1.68. The maximum Gasteiger partial charge on any atom is 0.346 e. The van der Waals surface area contributed by atoms with Crippen molar-refractivity contribution in [2.75, 3.05) is 6.54 Å². The van der Waals surface area contributed by atoms with E-state index in [1.54, 1.807) is 20.8 Å². The van der Waals surface area contributed by atoms with E-state index in [9.17, 15) is 23.9 Å². The van der Waals surface area contributed by atoms with Crippen LogP contribution in [0.5, 0.6) is 5.75 Å². The predicted molar refractivity (Wildman–Crippen MR) is 88.5 cm³/mol. The number of hydrogen-bond donors (Lipinski definition) is 3. The summed E-state index contributed by atoms with van der Waals surface area (Å²) in [5.74, 6) is -2.43. The SMILES string of the molecule is CC(NC(=O)C(C)(C)C)C(=O)NCC(Oc1ccc(F)cc1)C(=O)O. The minimum absolute atomic E-state index is 0.164. The lowest BCUT2D eigenvalue weighted by atomic mass is 9.95. The molecule has 2 atom stereocenters. The molecule has 0 radical (unpaired) electrons. The lowest BCUT2D eigenvalue weighted by molar-refractivity contribution is -0.145. The number of carbonyl (C=O) groups is 3. The normalized spacial score (nSPS) is 13.5. The number of aliphatic carboxylic acids is 1. The molecule has 0 saturated carbocycles. The summed E-state index contributed by atoms with van der Waals surface area (Å²) in [5, 5.41) is 14.1. The summed E-state index contributed by atoms with van der Waals surface area (Å²) in [4.78, 5) is 35.1. The van der Waals surface area contributed by atoms with Gasteiger partial charge in [-0.1, -0.05) is 20.8 Å². The molecule has 0 fully saturated rings. The third kappa shape index (κ3) is 6.78. The van der Waals surface area contributed by atoms with E-state index in [0.29, 0.717) is 0 Å². The number of carboxylic acids is 1. The number of ether oxygens (including phenoxy) is 1. The molecule has 25 heavy (non-hydrogen) atoms. The smallest absolute Gasteiger partial charge is 0.346 e. The van der Waals surface area contributed by atoms with Gasteiger partial charge in [0.1, 0.15) is 17.6 Å². The van der Waals surface area contributed by atoms with E-state index in [1.807, 2.05) is 0 Å². The van der Waals surface area contributed by atoms with Gasteiger partial charge in [-0.25, -0.2) is 9.18 Å². The second-order valence-electron chi connectivity index (χ2n) is 6.59. The van der Waals surface area contributed by atoms with Gasteiger partial charge < -0.3 is 20.5 Å². The molecule has 0 aromatic heterocycles. The molecule has 0 bridgehead atoms. The maximum absolute atomic E-state index is 12.9. The second-order valence-corrected chi connectivity index (χ2v) is 6.59. The largest absolute Gasteiger partial charge is 0.478 e. The van der Waals surface area contributed by atoms with E-state index in [4.69, 9.17) is 4.74 Å². The van der Waals surface area contributed by atoms with Gasteiger partial charge in [-0.2, -0.15) is 0 Å². The number of halogens is 1. The molecule has 1 aromatic rings. The first-order valence-electron chi connectivity index (χ1n) is 7.74. The zero-order chi connectivity index (χ0) is 19.2. The van der Waals surface area contributed by atoms with Crippen molar-refractivity contribution in [3.05, 3.63) is 30.1 Å². The fraction of sp³-hybridized carbons (Fsp3) is 0.471. The lowest BCUT2D eigenvalue weighted by Crippen LogP contribution is -2.50. The summed E-state index contributed by atoms with van der Waals surface area (Å²) in [5.41, 5.74) is -0.649. The van der Waals surface area contributed by atoms with Crippen LogP contribution in [0.1, 0.15) is 27.7 Å². The first kappa shape index (κ1) is 20.4. The topological polar surface area (TPSA) is 105 Å². The molecule has 0 aliphatic heterocycles. The molecule has 8 heteroatoms. The Morgan fingerprint density at radius 1 is 1.20 bits per heavy atom. The summed E-state index contributed by atoms with van der Waals surface area (Å²) in [6.45, 7) is 6.33. The Labute approximate surface area is 145 Å². The third-order valence-corrected chi connectivity index (χ3v) is 3.25. The van der Waals surface area contributed by atoms with Crippen molar-refractivity contribution in [1.82, 2.24) is 10.6 Å². The van der Waals surface area contributed by atoms with Gasteiger partial charge in [-0.3, -0.25) is 9.59 Å². The van der Waals surface area contributed by atoms with Crippen LogP contribution in [0, 0.1) is 11.2 Å². The summed E-state index contributed by atoms with van der Waals surface area (Å²) in [7, 11) is 0. The molecular weight excluding hydrogens is 331 g/mol. The number of amides is 2. The minimum Gasteiger partial charge on any atom is -0.478 e. The summed E-state index contributed by atoms with van der Waals surface area (Å²) < 4.78 is 18.1. The summed E-state index contributed by atoms with van der Waals surface area (Å²) >= 11 is 0. The highest BCUT2D eigenvalue weighted by Crippen LogP contribution is 2.14. The molecule has 7 nitrogen and oxygen atoms in total. The molecule has 0 saturated heterocycles. The van der Waals surface area contributed by atoms with E-state index < -0.39 is 35.3 Å². The fourth-order valence-electron chi connectivity index (χ4n) is 1.68. The van der Waals surface area contributed by atoms with Crippen LogP contribution in [0.15, 0.2) is 24.3 Å². The van der Waals surface area contributed by atoms with Gasteiger partial charge in [0.2, 0.25) is 17.9 Å². The van der Waals surface area contributed by atoms with Crippen LogP contribution in [0.25, 0.3) is 0 Å². The molecule has 1 aromatic carbocycles. The number of benzene rings is 1. The van der Waals surface area contributed by atoms with Crippen molar-refractivity contribution < 1.29 is 28.6 Å². The predicted octanol–water partition coefficient (Wildman–Crippen LogP) is 1.32. The van der Waals surface area contributed by atoms with E-state index in [0.717, 1.165) is 12.1 Å². The monoisotopic (exact) mass is 354 g/mol. The van der Waals surface area contributed by atoms with Gasteiger partial charge in [0.15, 0.2) is 0 Å². The molecule has 3 N–H and O–H groups in total. The van der Waals surface area contributed by atoms with E-state index >= 15 is 0 Å². The van der Waals surface area contributed by atoms with Gasteiger partial charge in [-0.05, 0) is 31.2 Å². The molecule has 0 aliphatic carbocycles. The highest BCUT2D eigenvalue weighted by molar-refractivity contribution is 5.89. The Balaban J connectivity index is 2.59. The quantitative estimate of drug-likeness (QED) is 0.685. The average molecular weight is 354 g/mol. The van der Waals surface area contributed by atoms with Crippen molar-refractivity contribution in [2.45, 2.75) is 39.8 Å².